The summed E-state index contributed by atoms with van der Waals surface area (Å²) >= 11 is 4.12. The number of rotatable bonds is 4. The Morgan fingerprint density at radius 2 is 2.14 bits per heavy atom. The molecule has 1 aromatic carbocycles. The highest BCUT2D eigenvalue weighted by atomic mass is 79.9. The number of aromatic nitrogens is 2. The maximum absolute atomic E-state index is 12.8. The van der Waals surface area contributed by atoms with Crippen LogP contribution in [0.1, 0.15) is 5.56 Å². The lowest BCUT2D eigenvalue weighted by atomic mass is 10.2. The van der Waals surface area contributed by atoms with Crippen molar-refractivity contribution < 1.29 is 23.1 Å². The summed E-state index contributed by atoms with van der Waals surface area (Å²) in [7, 11) is 0. The van der Waals surface area contributed by atoms with E-state index in [0.717, 1.165) is 23.9 Å². The van der Waals surface area contributed by atoms with Crippen molar-refractivity contribution in [3.05, 3.63) is 40.6 Å². The first-order valence-electron chi connectivity index (χ1n) is 5.54. The topological polar surface area (TPSA) is 55.1 Å². The van der Waals surface area contributed by atoms with E-state index in [1.165, 1.54) is 23.0 Å². The van der Waals surface area contributed by atoms with Gasteiger partial charge in [-0.15, -0.1) is 0 Å². The Hall–Kier alpha value is -1.48. The average Bonchev–Trinajstić information content (AvgIpc) is 2.83. The second-order valence-electron chi connectivity index (χ2n) is 3.93. The lowest BCUT2D eigenvalue weighted by molar-refractivity contribution is -0.137. The number of hydrogen-bond donors (Lipinski definition) is 1. The number of imidazole rings is 1. The second-order valence-corrected chi connectivity index (χ2v) is 5.72. The predicted molar refractivity (Wildman–Crippen MR) is 74.6 cm³/mol. The molecule has 0 fully saturated rings. The average molecular weight is 381 g/mol. The van der Waals surface area contributed by atoms with E-state index in [4.69, 9.17) is 5.11 Å². The standard InChI is InChI=1S/C12H8BrF3N2O2S/c13-8-2-1-7(12(14,15)16)5-9(8)18-4-3-17-11(18)21-6-10(19)20/h1-5H,6H2,(H,19,20). The Kier molecular flexibility index (Phi) is 4.62. The van der Waals surface area contributed by atoms with Gasteiger partial charge >= 0.3 is 12.1 Å². The lowest BCUT2D eigenvalue weighted by Gasteiger charge is -2.13. The Morgan fingerprint density at radius 3 is 2.76 bits per heavy atom. The van der Waals surface area contributed by atoms with E-state index in [-0.39, 0.29) is 11.4 Å². The van der Waals surface area contributed by atoms with Gasteiger partial charge in [-0.2, -0.15) is 13.2 Å². The van der Waals surface area contributed by atoms with Crippen molar-refractivity contribution >= 4 is 33.7 Å². The zero-order valence-corrected chi connectivity index (χ0v) is 12.7. The summed E-state index contributed by atoms with van der Waals surface area (Å²) in [5.41, 5.74) is -0.543. The summed E-state index contributed by atoms with van der Waals surface area (Å²) in [6.07, 6.45) is -1.58. The normalized spacial score (nSPS) is 11.6. The third kappa shape index (κ3) is 3.79. The van der Waals surface area contributed by atoms with Crippen LogP contribution in [0.5, 0.6) is 0 Å². The van der Waals surface area contributed by atoms with E-state index in [2.05, 4.69) is 20.9 Å². The number of halogens is 4. The van der Waals surface area contributed by atoms with Crippen LogP contribution in [0.3, 0.4) is 0 Å². The minimum absolute atomic E-state index is 0.229. The molecule has 2 aromatic rings. The third-order valence-corrected chi connectivity index (χ3v) is 4.09. The molecule has 9 heteroatoms. The fourth-order valence-electron chi connectivity index (χ4n) is 1.58. The summed E-state index contributed by atoms with van der Waals surface area (Å²) in [6.45, 7) is 0. The monoisotopic (exact) mass is 380 g/mol. The summed E-state index contributed by atoms with van der Waals surface area (Å²) in [6, 6.07) is 3.25. The Labute approximate surface area is 130 Å². The smallest absolute Gasteiger partial charge is 0.416 e. The molecule has 0 amide bonds. The van der Waals surface area contributed by atoms with Crippen LogP contribution < -0.4 is 0 Å². The van der Waals surface area contributed by atoms with Gasteiger partial charge in [0.15, 0.2) is 5.16 Å². The minimum atomic E-state index is -4.45. The number of carboxylic acid groups (broad SMARTS) is 1. The molecule has 0 radical (unpaired) electrons. The number of thioether (sulfide) groups is 1. The molecule has 0 bridgehead atoms. The van der Waals surface area contributed by atoms with Gasteiger partial charge in [0.2, 0.25) is 0 Å². The molecule has 0 saturated carbocycles. The van der Waals surface area contributed by atoms with E-state index in [9.17, 15) is 18.0 Å². The van der Waals surface area contributed by atoms with Crippen molar-refractivity contribution in [2.75, 3.05) is 5.75 Å². The molecule has 0 unspecified atom stereocenters. The summed E-state index contributed by atoms with van der Waals surface area (Å²) in [5.74, 6) is -1.26. The highest BCUT2D eigenvalue weighted by Crippen LogP contribution is 2.34. The molecule has 1 N–H and O–H groups in total. The number of hydrogen-bond acceptors (Lipinski definition) is 3. The second kappa shape index (κ2) is 6.10. The van der Waals surface area contributed by atoms with Gasteiger partial charge in [-0.3, -0.25) is 9.36 Å². The molecule has 0 aliphatic heterocycles. The van der Waals surface area contributed by atoms with Crippen molar-refractivity contribution in [3.63, 3.8) is 0 Å². The van der Waals surface area contributed by atoms with Crippen LogP contribution in [-0.2, 0) is 11.0 Å². The summed E-state index contributed by atoms with van der Waals surface area (Å²) in [4.78, 5) is 14.5. The predicted octanol–water partition coefficient (Wildman–Crippen LogP) is 3.83. The first kappa shape index (κ1) is 15.9. The van der Waals surface area contributed by atoms with Crippen molar-refractivity contribution in [1.29, 1.82) is 0 Å². The van der Waals surface area contributed by atoms with Crippen LogP contribution in [0.15, 0.2) is 40.2 Å². The molecule has 0 aliphatic carbocycles. The number of benzene rings is 1. The van der Waals surface area contributed by atoms with E-state index in [1.54, 1.807) is 0 Å². The largest absolute Gasteiger partial charge is 0.481 e. The quantitative estimate of drug-likeness (QED) is 0.818. The van der Waals surface area contributed by atoms with Crippen LogP contribution in [0.2, 0.25) is 0 Å². The molecule has 0 saturated heterocycles. The number of carboxylic acids is 1. The highest BCUT2D eigenvalue weighted by molar-refractivity contribution is 9.10. The van der Waals surface area contributed by atoms with Crippen molar-refractivity contribution in [2.45, 2.75) is 11.3 Å². The van der Waals surface area contributed by atoms with Crippen LogP contribution in [0, 0.1) is 0 Å². The lowest BCUT2D eigenvalue weighted by Crippen LogP contribution is -2.07. The van der Waals surface area contributed by atoms with Gasteiger partial charge in [0.1, 0.15) is 0 Å². The fourth-order valence-corrected chi connectivity index (χ4v) is 2.70. The Morgan fingerprint density at radius 1 is 1.43 bits per heavy atom. The van der Waals surface area contributed by atoms with Crippen molar-refractivity contribution in [3.8, 4) is 5.69 Å². The van der Waals surface area contributed by atoms with Crippen LogP contribution in [0.4, 0.5) is 13.2 Å². The maximum Gasteiger partial charge on any atom is 0.416 e. The van der Waals surface area contributed by atoms with Gasteiger partial charge in [0.25, 0.3) is 0 Å². The first-order chi connectivity index (χ1) is 9.79. The number of nitrogens with zero attached hydrogens (tertiary/aromatic N) is 2. The molecule has 112 valence electrons. The van der Waals surface area contributed by atoms with Gasteiger partial charge in [0, 0.05) is 16.9 Å². The van der Waals surface area contributed by atoms with Gasteiger partial charge in [-0.05, 0) is 34.1 Å². The molecule has 1 aromatic heterocycles. The van der Waals surface area contributed by atoms with E-state index >= 15 is 0 Å². The number of aliphatic carboxylic acids is 1. The fraction of sp³-hybridized carbons (Fsp3) is 0.167. The molecule has 0 atom stereocenters. The third-order valence-electron chi connectivity index (χ3n) is 2.46. The molecule has 1 heterocycles. The number of carbonyl (C=O) groups is 1. The maximum atomic E-state index is 12.8. The SMILES string of the molecule is O=C(O)CSc1nccn1-c1cc(C(F)(F)F)ccc1Br. The molecular formula is C12H8BrF3N2O2S. The number of alkyl halides is 3. The zero-order chi connectivity index (χ0) is 15.6. The van der Waals surface area contributed by atoms with Crippen molar-refractivity contribution in [2.24, 2.45) is 0 Å². The summed E-state index contributed by atoms with van der Waals surface area (Å²) < 4.78 is 40.2. The van der Waals surface area contributed by atoms with Crippen LogP contribution >= 0.6 is 27.7 Å². The molecule has 21 heavy (non-hydrogen) atoms. The summed E-state index contributed by atoms with van der Waals surface area (Å²) in [5, 5.41) is 8.97. The first-order valence-corrected chi connectivity index (χ1v) is 7.32. The highest BCUT2D eigenvalue weighted by Gasteiger charge is 2.31. The van der Waals surface area contributed by atoms with Crippen molar-refractivity contribution in [1.82, 2.24) is 9.55 Å². The Balaban J connectivity index is 2.42. The van der Waals surface area contributed by atoms with Crippen LogP contribution in [0.25, 0.3) is 5.69 Å². The molecule has 0 spiro atoms. The minimum Gasteiger partial charge on any atom is -0.481 e. The Bertz CT molecular complexity index is 673. The molecule has 4 nitrogen and oxygen atoms in total. The van der Waals surface area contributed by atoms with Crippen LogP contribution in [-0.4, -0.2) is 26.4 Å². The molecular weight excluding hydrogens is 373 g/mol. The van der Waals surface area contributed by atoms with Gasteiger partial charge in [-0.25, -0.2) is 4.98 Å². The van der Waals surface area contributed by atoms with E-state index in [1.807, 2.05) is 0 Å². The zero-order valence-electron chi connectivity index (χ0n) is 10.3. The van der Waals surface area contributed by atoms with Gasteiger partial charge in [0.05, 0.1) is 17.0 Å². The molecule has 2 rings (SSSR count). The molecule has 0 aliphatic rings. The van der Waals surface area contributed by atoms with E-state index < -0.39 is 17.7 Å². The van der Waals surface area contributed by atoms with E-state index in [0.29, 0.717) is 9.63 Å². The van der Waals surface area contributed by atoms with Gasteiger partial charge < -0.3 is 5.11 Å². The van der Waals surface area contributed by atoms with Gasteiger partial charge in [-0.1, -0.05) is 11.8 Å².